The molecule has 100 valence electrons. The van der Waals surface area contributed by atoms with E-state index in [0.717, 1.165) is 12.8 Å². The Balaban J connectivity index is 0.00000137. The van der Waals surface area contributed by atoms with Gasteiger partial charge in [-0.15, -0.1) is 0 Å². The first-order valence-electron chi connectivity index (χ1n) is 7.07. The van der Waals surface area contributed by atoms with E-state index in [1.54, 1.807) is 0 Å². The number of hydrogen-bond donors (Lipinski definition) is 0. The minimum Gasteiger partial charge on any atom is -0.0988 e. The first-order valence-corrected chi connectivity index (χ1v) is 7.07. The van der Waals surface area contributed by atoms with Gasteiger partial charge >= 0.3 is 0 Å². The number of benzene rings is 1. The first-order chi connectivity index (χ1) is 8.67. The van der Waals surface area contributed by atoms with Crippen molar-refractivity contribution in [3.8, 4) is 0 Å². The molecule has 0 heteroatoms. The lowest BCUT2D eigenvalue weighted by atomic mass is 9.98. The van der Waals surface area contributed by atoms with Crippen LogP contribution in [0, 0.1) is 0 Å². The van der Waals surface area contributed by atoms with E-state index in [1.165, 1.54) is 16.7 Å². The fourth-order valence-electron chi connectivity index (χ4n) is 1.75. The molecule has 0 saturated heterocycles. The second kappa shape index (κ2) is 9.70. The Morgan fingerprint density at radius 3 is 2.11 bits per heavy atom. The minimum atomic E-state index is 0.610. The third-order valence-electron chi connectivity index (χ3n) is 2.78. The summed E-state index contributed by atoms with van der Waals surface area (Å²) in [6.45, 7) is 14.5. The zero-order valence-corrected chi connectivity index (χ0v) is 12.7. The molecule has 0 aliphatic carbocycles. The molecule has 0 atom stereocenters. The molecule has 0 fully saturated rings. The summed E-state index contributed by atoms with van der Waals surface area (Å²) in [5.41, 5.74) is 4.09. The molecular weight excluding hydrogens is 216 g/mol. The summed E-state index contributed by atoms with van der Waals surface area (Å²) in [5.74, 6) is 0.610. The van der Waals surface area contributed by atoms with Crippen molar-refractivity contribution in [3.05, 3.63) is 59.7 Å². The van der Waals surface area contributed by atoms with Crippen LogP contribution in [0.5, 0.6) is 0 Å². The van der Waals surface area contributed by atoms with Crippen molar-refractivity contribution in [1.82, 2.24) is 0 Å². The van der Waals surface area contributed by atoms with Gasteiger partial charge in [0.25, 0.3) is 0 Å². The van der Waals surface area contributed by atoms with Crippen molar-refractivity contribution in [2.75, 3.05) is 0 Å². The highest BCUT2D eigenvalue weighted by atomic mass is 14.0. The van der Waals surface area contributed by atoms with Gasteiger partial charge in [-0.05, 0) is 35.5 Å². The van der Waals surface area contributed by atoms with E-state index in [-0.39, 0.29) is 0 Å². The van der Waals surface area contributed by atoms with Crippen LogP contribution in [0.4, 0.5) is 0 Å². The van der Waals surface area contributed by atoms with Gasteiger partial charge in [0.15, 0.2) is 0 Å². The zero-order valence-electron chi connectivity index (χ0n) is 12.7. The van der Waals surface area contributed by atoms with E-state index in [2.05, 4.69) is 57.7 Å². The smallest absolute Gasteiger partial charge is 0.00291 e. The third kappa shape index (κ3) is 5.86. The monoisotopic (exact) mass is 244 g/mol. The molecule has 1 rings (SSSR count). The second-order valence-electron chi connectivity index (χ2n) is 4.46. The van der Waals surface area contributed by atoms with Crippen LogP contribution in [0.15, 0.2) is 48.6 Å². The van der Waals surface area contributed by atoms with Crippen LogP contribution in [0.25, 0.3) is 0 Å². The lowest BCUT2D eigenvalue weighted by Crippen LogP contribution is -1.91. The molecule has 0 bridgehead atoms. The van der Waals surface area contributed by atoms with Crippen LogP contribution in [-0.2, 0) is 6.42 Å². The molecule has 1 aromatic carbocycles. The molecule has 0 nitrogen and oxygen atoms in total. The van der Waals surface area contributed by atoms with Crippen molar-refractivity contribution in [2.45, 2.75) is 53.4 Å². The van der Waals surface area contributed by atoms with Crippen molar-refractivity contribution in [1.29, 1.82) is 0 Å². The molecule has 0 aliphatic rings. The average Bonchev–Trinajstić information content (AvgIpc) is 2.41. The van der Waals surface area contributed by atoms with Gasteiger partial charge in [-0.25, -0.2) is 0 Å². The molecule has 0 radical (unpaired) electrons. The Hall–Kier alpha value is -1.30. The molecule has 18 heavy (non-hydrogen) atoms. The Morgan fingerprint density at radius 2 is 1.72 bits per heavy atom. The predicted octanol–water partition coefficient (Wildman–Crippen LogP) is 5.90. The fraction of sp³-hybridized carbons (Fsp3) is 0.444. The number of rotatable bonds is 5. The fourth-order valence-corrected chi connectivity index (χ4v) is 1.75. The van der Waals surface area contributed by atoms with Crippen molar-refractivity contribution in [3.63, 3.8) is 0 Å². The van der Waals surface area contributed by atoms with Gasteiger partial charge < -0.3 is 0 Å². The molecule has 0 spiro atoms. The standard InChI is InChI=1S/C16H22.C2H6/c1-5-7-14(6-2)12-15-8-10-16(11-9-15)13(3)4;1-2/h6-11,13H,2,5,12H2,1,3-4H3;1-2H3/b14-7+;. The van der Waals surface area contributed by atoms with Crippen LogP contribution in [0.3, 0.4) is 0 Å². The van der Waals surface area contributed by atoms with Crippen molar-refractivity contribution >= 4 is 0 Å². The second-order valence-corrected chi connectivity index (χ2v) is 4.46. The molecule has 0 heterocycles. The van der Waals surface area contributed by atoms with Gasteiger partial charge in [-0.3, -0.25) is 0 Å². The largest absolute Gasteiger partial charge is 0.0988 e. The van der Waals surface area contributed by atoms with Gasteiger partial charge in [0.2, 0.25) is 0 Å². The average molecular weight is 244 g/mol. The number of hydrogen-bond acceptors (Lipinski definition) is 0. The molecule has 0 unspecified atom stereocenters. The maximum atomic E-state index is 3.85. The summed E-state index contributed by atoms with van der Waals surface area (Å²) in [6, 6.07) is 8.91. The van der Waals surface area contributed by atoms with Crippen LogP contribution in [0.2, 0.25) is 0 Å². The van der Waals surface area contributed by atoms with E-state index in [0.29, 0.717) is 5.92 Å². The van der Waals surface area contributed by atoms with E-state index in [1.807, 2.05) is 19.9 Å². The van der Waals surface area contributed by atoms with E-state index < -0.39 is 0 Å². The Bertz CT molecular complexity index is 352. The predicted molar refractivity (Wildman–Crippen MR) is 84.2 cm³/mol. The number of allylic oxidation sites excluding steroid dienone is 3. The highest BCUT2D eigenvalue weighted by Crippen LogP contribution is 2.16. The normalized spacial score (nSPS) is 10.9. The molecule has 0 amide bonds. The van der Waals surface area contributed by atoms with Gasteiger partial charge in [0, 0.05) is 0 Å². The van der Waals surface area contributed by atoms with Crippen molar-refractivity contribution < 1.29 is 0 Å². The highest BCUT2D eigenvalue weighted by Gasteiger charge is 1.99. The molecule has 0 aliphatic heterocycles. The summed E-state index contributed by atoms with van der Waals surface area (Å²) in [6.07, 6.45) is 6.27. The quantitative estimate of drug-likeness (QED) is 0.565. The summed E-state index contributed by atoms with van der Waals surface area (Å²) in [5, 5.41) is 0. The van der Waals surface area contributed by atoms with Crippen LogP contribution in [-0.4, -0.2) is 0 Å². The summed E-state index contributed by atoms with van der Waals surface area (Å²) < 4.78 is 0. The molecule has 1 aromatic rings. The summed E-state index contributed by atoms with van der Waals surface area (Å²) in [4.78, 5) is 0. The Kier molecular flexibility index (Phi) is 9.00. The maximum absolute atomic E-state index is 3.85. The van der Waals surface area contributed by atoms with Gasteiger partial charge in [0.05, 0.1) is 0 Å². The maximum Gasteiger partial charge on any atom is -0.00291 e. The van der Waals surface area contributed by atoms with Crippen LogP contribution < -0.4 is 0 Å². The minimum absolute atomic E-state index is 0.610. The molecule has 0 N–H and O–H groups in total. The van der Waals surface area contributed by atoms with Gasteiger partial charge in [-0.2, -0.15) is 0 Å². The lowest BCUT2D eigenvalue weighted by Gasteiger charge is -2.07. The van der Waals surface area contributed by atoms with Gasteiger partial charge in [-0.1, -0.05) is 77.6 Å². The zero-order chi connectivity index (χ0) is 14.0. The SMILES string of the molecule is C=C/C(=C\CC)Cc1ccc(C(C)C)cc1.CC. The van der Waals surface area contributed by atoms with E-state index in [4.69, 9.17) is 0 Å². The van der Waals surface area contributed by atoms with E-state index in [9.17, 15) is 0 Å². The summed E-state index contributed by atoms with van der Waals surface area (Å²) >= 11 is 0. The highest BCUT2D eigenvalue weighted by molar-refractivity contribution is 5.30. The van der Waals surface area contributed by atoms with E-state index >= 15 is 0 Å². The Morgan fingerprint density at radius 1 is 1.17 bits per heavy atom. The van der Waals surface area contributed by atoms with Crippen molar-refractivity contribution in [2.24, 2.45) is 0 Å². The first kappa shape index (κ1) is 16.7. The third-order valence-corrected chi connectivity index (χ3v) is 2.78. The molecular formula is C18H28. The topological polar surface area (TPSA) is 0 Å². The lowest BCUT2D eigenvalue weighted by molar-refractivity contribution is 0.865. The Labute approximate surface area is 113 Å². The molecule has 0 saturated carbocycles. The molecule has 0 aromatic heterocycles. The van der Waals surface area contributed by atoms with Crippen LogP contribution >= 0.6 is 0 Å². The van der Waals surface area contributed by atoms with Gasteiger partial charge in [0.1, 0.15) is 0 Å². The van der Waals surface area contributed by atoms with Crippen LogP contribution in [0.1, 0.15) is 58.1 Å². The summed E-state index contributed by atoms with van der Waals surface area (Å²) in [7, 11) is 0.